The summed E-state index contributed by atoms with van der Waals surface area (Å²) >= 11 is 6.06. The van der Waals surface area contributed by atoms with Crippen molar-refractivity contribution in [2.24, 2.45) is 5.73 Å². The van der Waals surface area contributed by atoms with Crippen LogP contribution in [0.4, 0.5) is 0 Å². The third-order valence-corrected chi connectivity index (χ3v) is 4.15. The molecule has 0 radical (unpaired) electrons. The number of benzene rings is 2. The molecule has 1 aliphatic rings. The molecule has 4 nitrogen and oxygen atoms in total. The zero-order valence-corrected chi connectivity index (χ0v) is 13.0. The first-order valence-electron chi connectivity index (χ1n) is 7.33. The van der Waals surface area contributed by atoms with Crippen LogP contribution < -0.4 is 5.73 Å². The van der Waals surface area contributed by atoms with Gasteiger partial charge in [-0.25, -0.2) is 0 Å². The second kappa shape index (κ2) is 5.65. The number of fused-ring (bicyclic) bond motifs is 1. The minimum Gasteiger partial charge on any atom is -0.464 e. The normalized spacial score (nSPS) is 18.1. The largest absolute Gasteiger partial charge is 0.464 e. The zero-order valence-electron chi connectivity index (χ0n) is 12.3. The first-order valence-corrected chi connectivity index (χ1v) is 7.71. The molecule has 1 aliphatic heterocycles. The third-order valence-electron chi connectivity index (χ3n) is 3.91. The van der Waals surface area contributed by atoms with Crippen LogP contribution in [0.1, 0.15) is 17.2 Å². The molecule has 0 saturated carbocycles. The van der Waals surface area contributed by atoms with Crippen LogP contribution in [0.25, 0.3) is 11.0 Å². The molecule has 23 heavy (non-hydrogen) atoms. The molecule has 116 valence electrons. The van der Waals surface area contributed by atoms with Crippen molar-refractivity contribution in [2.75, 3.05) is 0 Å². The first-order chi connectivity index (χ1) is 11.2. The molecule has 5 heteroatoms. The van der Waals surface area contributed by atoms with E-state index in [9.17, 15) is 0 Å². The van der Waals surface area contributed by atoms with E-state index in [0.717, 1.165) is 22.1 Å². The van der Waals surface area contributed by atoms with Crippen LogP contribution in [-0.4, -0.2) is 5.06 Å². The smallest absolute Gasteiger partial charge is 0.207 e. The van der Waals surface area contributed by atoms with Crippen molar-refractivity contribution in [3.05, 3.63) is 82.9 Å². The molecule has 0 aliphatic carbocycles. The van der Waals surface area contributed by atoms with Gasteiger partial charge in [-0.05, 0) is 23.8 Å². The summed E-state index contributed by atoms with van der Waals surface area (Å²) in [5.74, 6) is 0.391. The Morgan fingerprint density at radius 2 is 2.00 bits per heavy atom. The average Bonchev–Trinajstić information content (AvgIpc) is 3.10. The number of rotatable bonds is 3. The van der Waals surface area contributed by atoms with E-state index in [1.54, 1.807) is 6.26 Å². The van der Waals surface area contributed by atoms with Crippen LogP contribution in [0.2, 0.25) is 5.02 Å². The molecule has 2 N–H and O–H groups in total. The van der Waals surface area contributed by atoms with E-state index in [4.69, 9.17) is 26.6 Å². The molecule has 0 saturated heterocycles. The Morgan fingerprint density at radius 3 is 2.87 bits per heavy atom. The number of hydrogen-bond acceptors (Lipinski definition) is 4. The summed E-state index contributed by atoms with van der Waals surface area (Å²) in [4.78, 5) is 5.68. The highest BCUT2D eigenvalue weighted by Gasteiger charge is 2.30. The van der Waals surface area contributed by atoms with Gasteiger partial charge in [0, 0.05) is 22.0 Å². The Kier molecular flexibility index (Phi) is 3.48. The molecule has 2 heterocycles. The van der Waals surface area contributed by atoms with E-state index in [0.29, 0.717) is 17.5 Å². The van der Waals surface area contributed by atoms with Gasteiger partial charge in [0.25, 0.3) is 0 Å². The first kappa shape index (κ1) is 14.2. The van der Waals surface area contributed by atoms with E-state index in [-0.39, 0.29) is 6.04 Å². The summed E-state index contributed by atoms with van der Waals surface area (Å²) in [5.41, 5.74) is 8.83. The SMILES string of the molecule is NC1=CC(c2coc3ccccc23)N(Cc2cccc(Cl)c2)O1. The molecule has 0 bridgehead atoms. The Bertz CT molecular complexity index is 887. The zero-order chi connectivity index (χ0) is 15.8. The Hall–Kier alpha value is -2.43. The van der Waals surface area contributed by atoms with Gasteiger partial charge in [0.1, 0.15) is 5.58 Å². The van der Waals surface area contributed by atoms with Gasteiger partial charge in [-0.3, -0.25) is 0 Å². The van der Waals surface area contributed by atoms with Gasteiger partial charge < -0.3 is 15.0 Å². The minimum atomic E-state index is -0.0994. The molecule has 0 fully saturated rings. The molecule has 2 aromatic carbocycles. The lowest BCUT2D eigenvalue weighted by Crippen LogP contribution is -2.23. The molecular formula is C18H15ClN2O2. The van der Waals surface area contributed by atoms with Crippen LogP contribution in [-0.2, 0) is 11.4 Å². The van der Waals surface area contributed by atoms with Gasteiger partial charge in [0.15, 0.2) is 0 Å². The Balaban J connectivity index is 1.68. The average molecular weight is 327 g/mol. The fourth-order valence-corrected chi connectivity index (χ4v) is 3.09. The molecule has 1 aromatic heterocycles. The van der Waals surface area contributed by atoms with Crippen LogP contribution >= 0.6 is 11.6 Å². The predicted octanol–water partition coefficient (Wildman–Crippen LogP) is 4.37. The molecule has 1 unspecified atom stereocenters. The lowest BCUT2D eigenvalue weighted by Gasteiger charge is -2.22. The highest BCUT2D eigenvalue weighted by atomic mass is 35.5. The summed E-state index contributed by atoms with van der Waals surface area (Å²) < 4.78 is 5.64. The third kappa shape index (κ3) is 2.67. The highest BCUT2D eigenvalue weighted by Crippen LogP contribution is 2.36. The molecular weight excluding hydrogens is 312 g/mol. The molecule has 4 rings (SSSR count). The van der Waals surface area contributed by atoms with Gasteiger partial charge in [0.2, 0.25) is 5.88 Å². The van der Waals surface area contributed by atoms with Gasteiger partial charge in [-0.1, -0.05) is 41.9 Å². The topological polar surface area (TPSA) is 51.6 Å². The second-order valence-electron chi connectivity index (χ2n) is 5.50. The van der Waals surface area contributed by atoms with E-state index >= 15 is 0 Å². The maximum atomic E-state index is 6.06. The summed E-state index contributed by atoms with van der Waals surface area (Å²) in [6, 6.07) is 15.5. The quantitative estimate of drug-likeness (QED) is 0.776. The van der Waals surface area contributed by atoms with Crippen LogP contribution in [0, 0.1) is 0 Å². The number of para-hydroxylation sites is 1. The number of hydroxylamine groups is 2. The molecule has 3 aromatic rings. The lowest BCUT2D eigenvalue weighted by molar-refractivity contribution is -0.127. The number of furan rings is 1. The summed E-state index contributed by atoms with van der Waals surface area (Å²) in [7, 11) is 0. The molecule has 0 spiro atoms. The van der Waals surface area contributed by atoms with E-state index in [1.165, 1.54) is 0 Å². The van der Waals surface area contributed by atoms with Crippen molar-refractivity contribution in [3.8, 4) is 0 Å². The van der Waals surface area contributed by atoms with Crippen molar-refractivity contribution in [2.45, 2.75) is 12.6 Å². The molecule has 0 amide bonds. The van der Waals surface area contributed by atoms with Crippen molar-refractivity contribution < 1.29 is 9.25 Å². The summed E-state index contributed by atoms with van der Waals surface area (Å²) in [5, 5.41) is 3.59. The molecule has 1 atom stereocenters. The number of halogens is 1. The van der Waals surface area contributed by atoms with Crippen LogP contribution in [0.5, 0.6) is 0 Å². The van der Waals surface area contributed by atoms with Crippen molar-refractivity contribution in [1.29, 1.82) is 0 Å². The van der Waals surface area contributed by atoms with Gasteiger partial charge in [-0.2, -0.15) is 0 Å². The predicted molar refractivity (Wildman–Crippen MR) is 89.3 cm³/mol. The Labute approximate surface area is 138 Å². The lowest BCUT2D eigenvalue weighted by atomic mass is 10.1. The number of nitrogens with zero attached hydrogens (tertiary/aromatic N) is 1. The maximum Gasteiger partial charge on any atom is 0.207 e. The van der Waals surface area contributed by atoms with E-state index < -0.39 is 0 Å². The minimum absolute atomic E-state index is 0.0994. The number of hydrogen-bond donors (Lipinski definition) is 1. The Morgan fingerprint density at radius 1 is 1.13 bits per heavy atom. The highest BCUT2D eigenvalue weighted by molar-refractivity contribution is 6.30. The summed E-state index contributed by atoms with van der Waals surface area (Å²) in [6.07, 6.45) is 3.65. The van der Waals surface area contributed by atoms with Gasteiger partial charge in [0.05, 0.1) is 18.8 Å². The van der Waals surface area contributed by atoms with Crippen molar-refractivity contribution in [1.82, 2.24) is 5.06 Å². The van der Waals surface area contributed by atoms with E-state index in [2.05, 4.69) is 0 Å². The van der Waals surface area contributed by atoms with Gasteiger partial charge in [-0.15, -0.1) is 5.06 Å². The van der Waals surface area contributed by atoms with Gasteiger partial charge >= 0.3 is 0 Å². The second-order valence-corrected chi connectivity index (χ2v) is 5.93. The van der Waals surface area contributed by atoms with E-state index in [1.807, 2.05) is 59.7 Å². The van der Waals surface area contributed by atoms with Crippen LogP contribution in [0.3, 0.4) is 0 Å². The fraction of sp³-hybridized carbons (Fsp3) is 0.111. The van der Waals surface area contributed by atoms with Crippen molar-refractivity contribution >= 4 is 22.6 Å². The standard InChI is InChI=1S/C18H15ClN2O2/c19-13-5-3-4-12(8-13)10-21-16(9-18(20)23-21)15-11-22-17-7-2-1-6-14(15)17/h1-9,11,16H,10,20H2. The monoisotopic (exact) mass is 326 g/mol. The fourth-order valence-electron chi connectivity index (χ4n) is 2.88. The maximum absolute atomic E-state index is 6.06. The van der Waals surface area contributed by atoms with Crippen LogP contribution in [0.15, 0.2) is 71.2 Å². The van der Waals surface area contributed by atoms with Crippen molar-refractivity contribution in [3.63, 3.8) is 0 Å². The summed E-state index contributed by atoms with van der Waals surface area (Å²) in [6.45, 7) is 0.571. The number of nitrogens with two attached hydrogens (primary N) is 1.